The summed E-state index contributed by atoms with van der Waals surface area (Å²) < 4.78 is 0. The van der Waals surface area contributed by atoms with Crippen molar-refractivity contribution in [2.24, 2.45) is 0 Å². The molecule has 146 valence electrons. The fourth-order valence-electron chi connectivity index (χ4n) is 2.86. The molecule has 6 amide bonds. The summed E-state index contributed by atoms with van der Waals surface area (Å²) in [7, 11) is 1.39. The number of urea groups is 2. The van der Waals surface area contributed by atoms with Crippen LogP contribution in [0.5, 0.6) is 0 Å². The molecule has 1 aliphatic rings. The van der Waals surface area contributed by atoms with E-state index in [1.54, 1.807) is 6.92 Å². The van der Waals surface area contributed by atoms with Gasteiger partial charge in [0.2, 0.25) is 5.91 Å². The van der Waals surface area contributed by atoms with Crippen LogP contribution in [0.2, 0.25) is 0 Å². The summed E-state index contributed by atoms with van der Waals surface area (Å²) in [5.41, 5.74) is 0.581. The average Bonchev–Trinajstić information content (AvgIpc) is 2.82. The van der Waals surface area contributed by atoms with Crippen LogP contribution in [0.3, 0.4) is 0 Å². The minimum Gasteiger partial charge on any atom is -0.341 e. The van der Waals surface area contributed by atoms with Gasteiger partial charge in [0.1, 0.15) is 5.54 Å². The Morgan fingerprint density at radius 3 is 2.26 bits per heavy atom. The van der Waals surface area contributed by atoms with Gasteiger partial charge in [-0.2, -0.15) is 0 Å². The van der Waals surface area contributed by atoms with Gasteiger partial charge >= 0.3 is 12.1 Å². The number of nitrogens with one attached hydrogen (secondary N) is 3. The maximum absolute atomic E-state index is 12.8. The van der Waals surface area contributed by atoms with Crippen LogP contribution in [0.4, 0.5) is 9.59 Å². The maximum atomic E-state index is 12.8. The van der Waals surface area contributed by atoms with Gasteiger partial charge in [0.15, 0.2) is 0 Å². The summed E-state index contributed by atoms with van der Waals surface area (Å²) in [6, 6.07) is 6.36. The Bertz CT molecular complexity index is 767. The van der Waals surface area contributed by atoms with Gasteiger partial charge in [0.05, 0.1) is 0 Å². The van der Waals surface area contributed by atoms with Crippen LogP contribution in [0, 0.1) is 0 Å². The van der Waals surface area contributed by atoms with Crippen LogP contribution in [-0.2, 0) is 20.5 Å². The third-order valence-corrected chi connectivity index (χ3v) is 4.65. The Morgan fingerprint density at radius 1 is 1.15 bits per heavy atom. The summed E-state index contributed by atoms with van der Waals surface area (Å²) in [6.07, 6.45) is -0.161. The smallest absolute Gasteiger partial charge is 0.325 e. The van der Waals surface area contributed by atoms with Crippen LogP contribution in [0.15, 0.2) is 24.3 Å². The van der Waals surface area contributed by atoms with E-state index in [0.29, 0.717) is 5.56 Å². The molecule has 0 unspecified atom stereocenters. The van der Waals surface area contributed by atoms with E-state index in [0.717, 1.165) is 10.5 Å². The Balaban J connectivity index is 2.12. The van der Waals surface area contributed by atoms with E-state index in [2.05, 4.69) is 36.7 Å². The number of nitrogens with zero attached hydrogens (tertiary/aromatic N) is 1. The molecule has 0 aromatic heterocycles. The van der Waals surface area contributed by atoms with Gasteiger partial charge in [-0.1, -0.05) is 45.0 Å². The van der Waals surface area contributed by atoms with Crippen molar-refractivity contribution in [1.29, 1.82) is 0 Å². The van der Waals surface area contributed by atoms with Gasteiger partial charge < -0.3 is 10.6 Å². The molecule has 1 heterocycles. The first kappa shape index (κ1) is 20.4. The number of benzene rings is 1. The zero-order valence-electron chi connectivity index (χ0n) is 16.3. The van der Waals surface area contributed by atoms with E-state index in [4.69, 9.17) is 0 Å². The summed E-state index contributed by atoms with van der Waals surface area (Å²) >= 11 is 0. The van der Waals surface area contributed by atoms with Crippen molar-refractivity contribution >= 4 is 23.9 Å². The number of amides is 6. The molecule has 0 radical (unpaired) electrons. The van der Waals surface area contributed by atoms with Gasteiger partial charge in [0.25, 0.3) is 5.91 Å². The molecule has 1 aliphatic heterocycles. The standard InChI is InChI=1S/C19H26N4O4/c1-18(2,3)12-6-8-13(9-7-12)19(4)15(25)23(17(27)22-19)11-10-14(24)21-16(26)20-5/h6-9H,10-11H2,1-5H3,(H,22,27)(H2,20,21,24,26)/t19-/m0/s1. The van der Waals surface area contributed by atoms with Gasteiger partial charge in [-0.25, -0.2) is 9.59 Å². The predicted octanol–water partition coefficient (Wildman–Crippen LogP) is 1.60. The minimum atomic E-state index is -1.19. The minimum absolute atomic E-state index is 0.0213. The highest BCUT2D eigenvalue weighted by molar-refractivity contribution is 6.07. The third kappa shape index (κ3) is 4.27. The van der Waals surface area contributed by atoms with Crippen LogP contribution in [-0.4, -0.2) is 42.4 Å². The van der Waals surface area contributed by atoms with Crippen molar-refractivity contribution in [2.75, 3.05) is 13.6 Å². The van der Waals surface area contributed by atoms with Gasteiger partial charge in [0, 0.05) is 20.0 Å². The molecule has 3 N–H and O–H groups in total. The van der Waals surface area contributed by atoms with Crippen molar-refractivity contribution in [2.45, 2.75) is 45.1 Å². The first-order chi connectivity index (χ1) is 12.5. The topological polar surface area (TPSA) is 108 Å². The third-order valence-electron chi connectivity index (χ3n) is 4.65. The SMILES string of the molecule is CNC(=O)NC(=O)CCN1C(=O)N[C@@](C)(c2ccc(C(C)(C)C)cc2)C1=O. The Hall–Kier alpha value is -2.90. The Labute approximate surface area is 158 Å². The second kappa shape index (κ2) is 7.38. The van der Waals surface area contributed by atoms with Gasteiger partial charge in [-0.3, -0.25) is 19.8 Å². The highest BCUT2D eigenvalue weighted by Crippen LogP contribution is 2.31. The maximum Gasteiger partial charge on any atom is 0.325 e. The van der Waals surface area contributed by atoms with Crippen molar-refractivity contribution in [1.82, 2.24) is 20.9 Å². The lowest BCUT2D eigenvalue weighted by Crippen LogP contribution is -2.42. The van der Waals surface area contributed by atoms with Crippen molar-refractivity contribution in [3.05, 3.63) is 35.4 Å². The summed E-state index contributed by atoms with van der Waals surface area (Å²) in [5.74, 6) is -0.998. The first-order valence-electron chi connectivity index (χ1n) is 8.75. The van der Waals surface area contributed by atoms with Crippen LogP contribution < -0.4 is 16.0 Å². The highest BCUT2D eigenvalue weighted by atomic mass is 16.2. The molecule has 8 nitrogen and oxygen atoms in total. The van der Waals surface area contributed by atoms with E-state index < -0.39 is 29.4 Å². The highest BCUT2D eigenvalue weighted by Gasteiger charge is 2.48. The first-order valence-corrected chi connectivity index (χ1v) is 8.75. The molecule has 1 fully saturated rings. The van der Waals surface area contributed by atoms with E-state index in [9.17, 15) is 19.2 Å². The van der Waals surface area contributed by atoms with E-state index in [-0.39, 0.29) is 18.4 Å². The van der Waals surface area contributed by atoms with Crippen molar-refractivity contribution in [3.8, 4) is 0 Å². The predicted molar refractivity (Wildman–Crippen MR) is 100.0 cm³/mol. The number of imide groups is 2. The molecule has 0 spiro atoms. The number of carbonyl (C=O) groups is 4. The number of rotatable bonds is 4. The molecule has 1 aromatic carbocycles. The number of hydrogen-bond acceptors (Lipinski definition) is 4. The lowest BCUT2D eigenvalue weighted by Gasteiger charge is -2.24. The van der Waals surface area contributed by atoms with Crippen LogP contribution in [0.25, 0.3) is 0 Å². The zero-order valence-corrected chi connectivity index (χ0v) is 16.3. The molecule has 27 heavy (non-hydrogen) atoms. The summed E-state index contributed by atoms with van der Waals surface area (Å²) in [6.45, 7) is 7.82. The molecule has 0 saturated carbocycles. The van der Waals surface area contributed by atoms with Crippen molar-refractivity contribution < 1.29 is 19.2 Å². The monoisotopic (exact) mass is 374 g/mol. The second-order valence-corrected chi connectivity index (χ2v) is 7.72. The van der Waals surface area contributed by atoms with Crippen LogP contribution >= 0.6 is 0 Å². The second-order valence-electron chi connectivity index (χ2n) is 7.72. The van der Waals surface area contributed by atoms with Gasteiger partial charge in [-0.15, -0.1) is 0 Å². The summed E-state index contributed by atoms with van der Waals surface area (Å²) in [4.78, 5) is 49.0. The average molecular weight is 374 g/mol. The molecule has 8 heteroatoms. The van der Waals surface area contributed by atoms with Crippen LogP contribution in [0.1, 0.15) is 45.2 Å². The summed E-state index contributed by atoms with van der Waals surface area (Å²) in [5, 5.41) is 7.06. The molecule has 1 atom stereocenters. The number of carbonyl (C=O) groups excluding carboxylic acids is 4. The number of hydrogen-bond donors (Lipinski definition) is 3. The molecule has 2 rings (SSSR count). The fourth-order valence-corrected chi connectivity index (χ4v) is 2.86. The van der Waals surface area contributed by atoms with Crippen molar-refractivity contribution in [3.63, 3.8) is 0 Å². The zero-order chi connectivity index (χ0) is 20.4. The molecular formula is C19H26N4O4. The molecule has 0 aliphatic carbocycles. The largest absolute Gasteiger partial charge is 0.341 e. The van der Waals surface area contributed by atoms with Gasteiger partial charge in [-0.05, 0) is 23.5 Å². The van der Waals surface area contributed by atoms with E-state index in [1.807, 2.05) is 24.3 Å². The molecular weight excluding hydrogens is 348 g/mol. The molecule has 1 aromatic rings. The lowest BCUT2D eigenvalue weighted by atomic mass is 9.84. The normalized spacial score (nSPS) is 19.7. The molecule has 0 bridgehead atoms. The molecule has 1 saturated heterocycles. The van der Waals surface area contributed by atoms with E-state index in [1.165, 1.54) is 7.05 Å². The fraction of sp³-hybridized carbons (Fsp3) is 0.474. The quantitative estimate of drug-likeness (QED) is 0.696. The lowest BCUT2D eigenvalue weighted by molar-refractivity contribution is -0.131. The Morgan fingerprint density at radius 2 is 1.74 bits per heavy atom. The van der Waals surface area contributed by atoms with E-state index >= 15 is 0 Å². The Kier molecular flexibility index (Phi) is 5.58.